The van der Waals surface area contributed by atoms with Crippen LogP contribution in [0.1, 0.15) is 32.4 Å². The molecule has 0 aromatic carbocycles. The largest absolute Gasteiger partial charge is 0.464 e. The number of rotatable bonds is 5. The maximum absolute atomic E-state index is 12.0. The van der Waals surface area contributed by atoms with Crippen LogP contribution in [0.25, 0.3) is 0 Å². The molecule has 7 heteroatoms. The van der Waals surface area contributed by atoms with Crippen molar-refractivity contribution in [2.45, 2.75) is 39.2 Å². The number of amides is 2. The number of esters is 1. The minimum Gasteiger partial charge on any atom is -0.464 e. The highest BCUT2D eigenvalue weighted by Gasteiger charge is 2.49. The first-order valence-corrected chi connectivity index (χ1v) is 6.65. The summed E-state index contributed by atoms with van der Waals surface area (Å²) in [7, 11) is 0. The Morgan fingerprint density at radius 2 is 2.25 bits per heavy atom. The second kappa shape index (κ2) is 5.52. The molecule has 1 aliphatic carbocycles. The van der Waals surface area contributed by atoms with Crippen LogP contribution in [0.5, 0.6) is 0 Å². The van der Waals surface area contributed by atoms with Gasteiger partial charge in [-0.05, 0) is 39.5 Å². The minimum absolute atomic E-state index is 0.117. The Labute approximate surface area is 117 Å². The van der Waals surface area contributed by atoms with Crippen LogP contribution in [0.3, 0.4) is 0 Å². The van der Waals surface area contributed by atoms with E-state index in [4.69, 9.17) is 9.26 Å². The lowest BCUT2D eigenvalue weighted by Gasteiger charge is -2.28. The molecule has 1 aromatic heterocycles. The molecule has 1 heterocycles. The Bertz CT molecular complexity index is 509. The van der Waals surface area contributed by atoms with Crippen LogP contribution in [-0.2, 0) is 9.53 Å². The average molecular weight is 281 g/mol. The van der Waals surface area contributed by atoms with Gasteiger partial charge in [0.2, 0.25) is 0 Å². The van der Waals surface area contributed by atoms with Crippen molar-refractivity contribution in [1.82, 2.24) is 10.5 Å². The van der Waals surface area contributed by atoms with Crippen LogP contribution in [0.2, 0.25) is 0 Å². The first kappa shape index (κ1) is 14.4. The topological polar surface area (TPSA) is 93.5 Å². The molecule has 20 heavy (non-hydrogen) atoms. The van der Waals surface area contributed by atoms with Crippen molar-refractivity contribution in [3.05, 3.63) is 11.8 Å². The summed E-state index contributed by atoms with van der Waals surface area (Å²) in [5.74, 6) is 0.609. The molecule has 2 amide bonds. The Hall–Kier alpha value is -2.05. The maximum atomic E-state index is 12.0. The van der Waals surface area contributed by atoms with Crippen LogP contribution in [0, 0.1) is 12.8 Å². The molecule has 1 aromatic rings. The Balaban J connectivity index is 2.00. The van der Waals surface area contributed by atoms with Gasteiger partial charge >= 0.3 is 12.0 Å². The molecular formula is C13H19N3O4. The van der Waals surface area contributed by atoms with Gasteiger partial charge in [-0.15, -0.1) is 0 Å². The summed E-state index contributed by atoms with van der Waals surface area (Å²) in [5, 5.41) is 8.89. The van der Waals surface area contributed by atoms with Gasteiger partial charge in [0.25, 0.3) is 0 Å². The number of ether oxygens (including phenoxy) is 1. The monoisotopic (exact) mass is 281 g/mol. The zero-order valence-corrected chi connectivity index (χ0v) is 11.9. The molecule has 2 rings (SSSR count). The molecule has 1 atom stereocenters. The predicted octanol–water partition coefficient (Wildman–Crippen LogP) is 1.84. The summed E-state index contributed by atoms with van der Waals surface area (Å²) in [6.45, 7) is 5.44. The number of hydrogen-bond donors (Lipinski definition) is 2. The molecule has 1 saturated carbocycles. The van der Waals surface area contributed by atoms with E-state index in [-0.39, 0.29) is 12.5 Å². The van der Waals surface area contributed by atoms with Crippen LogP contribution in [-0.4, -0.2) is 29.3 Å². The number of carbonyl (C=O) groups excluding carboxylic acids is 2. The van der Waals surface area contributed by atoms with Crippen molar-refractivity contribution in [3.8, 4) is 0 Å². The van der Waals surface area contributed by atoms with Crippen LogP contribution >= 0.6 is 0 Å². The number of carbonyl (C=O) groups is 2. The zero-order chi connectivity index (χ0) is 14.8. The van der Waals surface area contributed by atoms with E-state index < -0.39 is 17.5 Å². The molecule has 0 bridgehead atoms. The normalized spacial score (nSPS) is 17.1. The third kappa shape index (κ3) is 3.09. The van der Waals surface area contributed by atoms with Crippen molar-refractivity contribution < 1.29 is 18.8 Å². The molecule has 0 spiro atoms. The van der Waals surface area contributed by atoms with Crippen molar-refractivity contribution in [2.24, 2.45) is 5.92 Å². The fourth-order valence-corrected chi connectivity index (χ4v) is 2.07. The van der Waals surface area contributed by atoms with Gasteiger partial charge in [-0.3, -0.25) is 5.32 Å². The molecule has 1 unspecified atom stereocenters. The third-order valence-corrected chi connectivity index (χ3v) is 3.34. The number of urea groups is 1. The SMILES string of the molecule is CCOC(=O)C(C)(NC(=O)Nc1cc(C)on1)C1CC1. The molecule has 0 radical (unpaired) electrons. The summed E-state index contributed by atoms with van der Waals surface area (Å²) >= 11 is 0. The van der Waals surface area contributed by atoms with Crippen molar-refractivity contribution in [1.29, 1.82) is 0 Å². The van der Waals surface area contributed by atoms with Gasteiger partial charge in [-0.1, -0.05) is 5.16 Å². The first-order chi connectivity index (χ1) is 9.45. The van der Waals surface area contributed by atoms with Gasteiger partial charge in [0.1, 0.15) is 11.3 Å². The summed E-state index contributed by atoms with van der Waals surface area (Å²) in [4.78, 5) is 24.0. The van der Waals surface area contributed by atoms with Crippen molar-refractivity contribution >= 4 is 17.8 Å². The van der Waals surface area contributed by atoms with Crippen LogP contribution in [0.15, 0.2) is 10.6 Å². The lowest BCUT2D eigenvalue weighted by molar-refractivity contribution is -0.150. The molecule has 2 N–H and O–H groups in total. The van der Waals surface area contributed by atoms with Gasteiger partial charge < -0.3 is 14.6 Å². The van der Waals surface area contributed by atoms with E-state index in [1.807, 2.05) is 0 Å². The number of hydrogen-bond acceptors (Lipinski definition) is 5. The van der Waals surface area contributed by atoms with Crippen molar-refractivity contribution in [2.75, 3.05) is 11.9 Å². The number of aromatic nitrogens is 1. The van der Waals surface area contributed by atoms with Gasteiger partial charge in [0.15, 0.2) is 5.82 Å². The summed E-state index contributed by atoms with van der Waals surface area (Å²) in [6, 6.07) is 1.10. The lowest BCUT2D eigenvalue weighted by Crippen LogP contribution is -2.56. The Morgan fingerprint density at radius 1 is 1.55 bits per heavy atom. The smallest absolute Gasteiger partial charge is 0.331 e. The number of nitrogens with one attached hydrogen (secondary N) is 2. The van der Waals surface area contributed by atoms with Crippen LogP contribution < -0.4 is 10.6 Å². The predicted molar refractivity (Wildman–Crippen MR) is 71.2 cm³/mol. The molecular weight excluding hydrogens is 262 g/mol. The average Bonchev–Trinajstić information content (AvgIpc) is 3.15. The van der Waals surface area contributed by atoms with E-state index in [2.05, 4.69) is 15.8 Å². The first-order valence-electron chi connectivity index (χ1n) is 6.65. The van der Waals surface area contributed by atoms with Gasteiger partial charge in [0, 0.05) is 6.07 Å². The highest BCUT2D eigenvalue weighted by molar-refractivity contribution is 5.94. The fraction of sp³-hybridized carbons (Fsp3) is 0.615. The number of anilines is 1. The molecule has 110 valence electrons. The van der Waals surface area contributed by atoms with E-state index >= 15 is 0 Å². The summed E-state index contributed by atoms with van der Waals surface area (Å²) < 4.78 is 9.91. The summed E-state index contributed by atoms with van der Waals surface area (Å²) in [6.07, 6.45) is 1.80. The molecule has 0 aliphatic heterocycles. The molecule has 0 saturated heterocycles. The Morgan fingerprint density at radius 3 is 2.75 bits per heavy atom. The second-order valence-electron chi connectivity index (χ2n) is 5.10. The quantitative estimate of drug-likeness (QED) is 0.803. The van der Waals surface area contributed by atoms with E-state index in [9.17, 15) is 9.59 Å². The minimum atomic E-state index is -1.00. The fourth-order valence-electron chi connectivity index (χ4n) is 2.07. The van der Waals surface area contributed by atoms with Gasteiger partial charge in [0.05, 0.1) is 6.61 Å². The van der Waals surface area contributed by atoms with E-state index in [1.54, 1.807) is 26.8 Å². The third-order valence-electron chi connectivity index (χ3n) is 3.34. The van der Waals surface area contributed by atoms with Crippen LogP contribution in [0.4, 0.5) is 10.6 Å². The van der Waals surface area contributed by atoms with Gasteiger partial charge in [-0.25, -0.2) is 9.59 Å². The highest BCUT2D eigenvalue weighted by atomic mass is 16.5. The summed E-state index contributed by atoms with van der Waals surface area (Å²) in [5.41, 5.74) is -1.00. The van der Waals surface area contributed by atoms with E-state index in [0.717, 1.165) is 12.8 Å². The van der Waals surface area contributed by atoms with Crippen molar-refractivity contribution in [3.63, 3.8) is 0 Å². The van der Waals surface area contributed by atoms with E-state index in [0.29, 0.717) is 11.6 Å². The second-order valence-corrected chi connectivity index (χ2v) is 5.10. The molecule has 7 nitrogen and oxygen atoms in total. The number of nitrogens with zero attached hydrogens (tertiary/aromatic N) is 1. The number of aryl methyl sites for hydroxylation is 1. The zero-order valence-electron chi connectivity index (χ0n) is 11.9. The standard InChI is InChI=1S/C13H19N3O4/c1-4-19-11(17)13(3,9-5-6-9)15-12(18)14-10-7-8(2)20-16-10/h7,9H,4-6H2,1-3H3,(H2,14,15,16,18). The van der Waals surface area contributed by atoms with E-state index in [1.165, 1.54) is 0 Å². The Kier molecular flexibility index (Phi) is 3.96. The van der Waals surface area contributed by atoms with Gasteiger partial charge in [-0.2, -0.15) is 0 Å². The molecule has 1 aliphatic rings. The maximum Gasteiger partial charge on any atom is 0.331 e. The molecule has 1 fully saturated rings. The highest BCUT2D eigenvalue weighted by Crippen LogP contribution is 2.40. The lowest BCUT2D eigenvalue weighted by atomic mass is 9.96.